The molecular weight excluding hydrogens is 563 g/mol. The highest BCUT2D eigenvalue weighted by Crippen LogP contribution is 2.53. The van der Waals surface area contributed by atoms with Crippen molar-refractivity contribution in [2.45, 2.75) is 15.2 Å². The van der Waals surface area contributed by atoms with Gasteiger partial charge in [-0.15, -0.1) is 0 Å². The number of aromatic nitrogens is 1. The van der Waals surface area contributed by atoms with Crippen LogP contribution in [0.2, 0.25) is 0 Å². The molecule has 3 heterocycles. The second-order valence-corrected chi connectivity index (χ2v) is 12.7. The van der Waals surface area contributed by atoms with E-state index in [0.717, 1.165) is 27.1 Å². The molecule has 1 aliphatic heterocycles. The van der Waals surface area contributed by atoms with Crippen LogP contribution in [0.15, 0.2) is 159 Å². The number of hydrogen-bond acceptors (Lipinski definition) is 3. The van der Waals surface area contributed by atoms with Crippen LogP contribution in [0.4, 0.5) is 0 Å². The number of fused-ring (bicyclic) bond motifs is 6. The predicted octanol–water partition coefficient (Wildman–Crippen LogP) is 7.42. The molecule has 0 amide bonds. The van der Waals surface area contributed by atoms with Gasteiger partial charge in [0.05, 0.1) is 37.7 Å². The van der Waals surface area contributed by atoms with Gasteiger partial charge in [0.2, 0.25) is 0 Å². The van der Waals surface area contributed by atoms with Crippen LogP contribution in [-0.2, 0) is 16.2 Å². The molecule has 5 heteroatoms. The molecular formula is C39H23NO3S. The first kappa shape index (κ1) is 25.1. The van der Waals surface area contributed by atoms with Crippen LogP contribution in [0.1, 0.15) is 22.3 Å². The highest BCUT2D eigenvalue weighted by molar-refractivity contribution is 7.85. The molecule has 6 aromatic carbocycles. The maximum absolute atomic E-state index is 14.6. The van der Waals surface area contributed by atoms with Gasteiger partial charge in [-0.05, 0) is 64.7 Å². The Balaban J connectivity index is 1.56. The lowest BCUT2D eigenvalue weighted by Gasteiger charge is -2.41. The number of pyridine rings is 2. The molecule has 44 heavy (non-hydrogen) atoms. The molecule has 1 atom stereocenters. The minimum absolute atomic E-state index is 0.104. The van der Waals surface area contributed by atoms with Gasteiger partial charge in [-0.25, -0.2) is 4.21 Å². The van der Waals surface area contributed by atoms with E-state index in [1.807, 2.05) is 95.4 Å². The number of hydrogen-bond donors (Lipinski definition) is 0. The minimum Gasteiger partial charge on any atom is -0.307 e. The third-order valence-electron chi connectivity index (χ3n) is 9.23. The van der Waals surface area contributed by atoms with Crippen molar-refractivity contribution in [2.75, 3.05) is 0 Å². The van der Waals surface area contributed by atoms with Crippen molar-refractivity contribution in [1.29, 1.82) is 0 Å². The zero-order chi connectivity index (χ0) is 29.6. The smallest absolute Gasteiger partial charge is 0.197 e. The summed E-state index contributed by atoms with van der Waals surface area (Å²) in [6, 6.07) is 45.2. The lowest BCUT2D eigenvalue weighted by atomic mass is 9.64. The summed E-state index contributed by atoms with van der Waals surface area (Å²) >= 11 is 0. The monoisotopic (exact) mass is 585 g/mol. The van der Waals surface area contributed by atoms with E-state index in [1.165, 1.54) is 0 Å². The van der Waals surface area contributed by atoms with E-state index in [4.69, 9.17) is 0 Å². The molecule has 0 spiro atoms. The van der Waals surface area contributed by atoms with E-state index in [0.29, 0.717) is 43.0 Å². The molecule has 0 saturated carbocycles. The van der Waals surface area contributed by atoms with Crippen molar-refractivity contribution in [2.24, 2.45) is 0 Å². The third kappa shape index (κ3) is 3.09. The number of para-hydroxylation sites is 2. The highest BCUT2D eigenvalue weighted by atomic mass is 32.2. The molecule has 0 fully saturated rings. The van der Waals surface area contributed by atoms with Crippen LogP contribution in [0.5, 0.6) is 0 Å². The first-order chi connectivity index (χ1) is 21.6. The summed E-state index contributed by atoms with van der Waals surface area (Å²) in [5.74, 6) is 0. The second-order valence-electron chi connectivity index (χ2n) is 11.3. The molecule has 208 valence electrons. The summed E-state index contributed by atoms with van der Waals surface area (Å²) in [5.41, 5.74) is 4.66. The number of benzene rings is 6. The Morgan fingerprint density at radius 3 is 1.75 bits per heavy atom. The Labute approximate surface area is 254 Å². The number of rotatable bonds is 2. The summed E-state index contributed by atoms with van der Waals surface area (Å²) < 4.78 is 16.6. The third-order valence-corrected chi connectivity index (χ3v) is 10.7. The number of nitrogens with zero attached hydrogens (tertiary/aromatic N) is 1. The molecule has 0 bridgehead atoms. The van der Waals surface area contributed by atoms with Crippen molar-refractivity contribution >= 4 is 48.9 Å². The predicted molar refractivity (Wildman–Crippen MR) is 177 cm³/mol. The zero-order valence-electron chi connectivity index (χ0n) is 23.4. The van der Waals surface area contributed by atoms with Gasteiger partial charge < -0.3 is 4.40 Å². The van der Waals surface area contributed by atoms with Crippen LogP contribution >= 0.6 is 0 Å². The fourth-order valence-corrected chi connectivity index (χ4v) is 8.91. The van der Waals surface area contributed by atoms with Crippen LogP contribution in [0, 0.1) is 0 Å². The van der Waals surface area contributed by atoms with Crippen molar-refractivity contribution < 1.29 is 4.21 Å². The van der Waals surface area contributed by atoms with E-state index in [1.54, 1.807) is 18.2 Å². The van der Waals surface area contributed by atoms with Gasteiger partial charge in [0.1, 0.15) is 0 Å². The van der Waals surface area contributed by atoms with E-state index < -0.39 is 16.2 Å². The molecule has 9 rings (SSSR count). The fourth-order valence-electron chi connectivity index (χ4n) is 7.42. The van der Waals surface area contributed by atoms with Gasteiger partial charge >= 0.3 is 0 Å². The SMILES string of the molecule is O=c1c2ccccc2n2c3cc4c(cc3c(=O)c3cccc1c32)C(c1ccccc1)(c1ccccc1)c1ccccc1S4=O. The fraction of sp³-hybridized carbons (Fsp3) is 0.0256. The van der Waals surface area contributed by atoms with E-state index in [2.05, 4.69) is 30.3 Å². The van der Waals surface area contributed by atoms with Gasteiger partial charge in [-0.2, -0.15) is 0 Å². The summed E-state index contributed by atoms with van der Waals surface area (Å²) in [5, 5.41) is 2.07. The highest BCUT2D eigenvalue weighted by Gasteiger charge is 2.46. The Kier molecular flexibility index (Phi) is 5.17. The maximum Gasteiger partial charge on any atom is 0.197 e. The van der Waals surface area contributed by atoms with Crippen LogP contribution in [-0.4, -0.2) is 8.61 Å². The van der Waals surface area contributed by atoms with E-state index in [9.17, 15) is 13.8 Å². The molecule has 0 N–H and O–H groups in total. The quantitative estimate of drug-likeness (QED) is 0.157. The van der Waals surface area contributed by atoms with Crippen molar-refractivity contribution in [3.05, 3.63) is 182 Å². The summed E-state index contributed by atoms with van der Waals surface area (Å²) in [4.78, 5) is 29.4. The lowest BCUT2D eigenvalue weighted by Crippen LogP contribution is -2.36. The molecule has 2 aromatic heterocycles. The van der Waals surface area contributed by atoms with Gasteiger partial charge in [-0.3, -0.25) is 9.59 Å². The normalized spacial score (nSPS) is 15.5. The van der Waals surface area contributed by atoms with Gasteiger partial charge in [-0.1, -0.05) is 97.1 Å². The van der Waals surface area contributed by atoms with Crippen molar-refractivity contribution in [3.8, 4) is 0 Å². The molecule has 1 unspecified atom stereocenters. The van der Waals surface area contributed by atoms with Gasteiger partial charge in [0.15, 0.2) is 10.9 Å². The van der Waals surface area contributed by atoms with Crippen LogP contribution in [0.25, 0.3) is 38.1 Å². The maximum atomic E-state index is 14.6. The topological polar surface area (TPSA) is 55.6 Å². The minimum atomic E-state index is -1.53. The zero-order valence-corrected chi connectivity index (χ0v) is 24.2. The average Bonchev–Trinajstić information content (AvgIpc) is 3.09. The largest absolute Gasteiger partial charge is 0.307 e. The molecule has 0 aliphatic carbocycles. The summed E-state index contributed by atoms with van der Waals surface area (Å²) in [7, 11) is -1.53. The van der Waals surface area contributed by atoms with Crippen molar-refractivity contribution in [1.82, 2.24) is 4.40 Å². The second kappa shape index (κ2) is 9.06. The molecule has 1 aliphatic rings. The standard InChI is InChI=1S/C39H23NO3S/c41-37-26-16-7-9-20-32(26)40-33-23-35-31(22-29(33)38(42)28-18-11-17-27(37)36(28)40)39(24-12-3-1-4-13-24,25-14-5-2-6-15-25)30-19-8-10-21-34(30)44(35)43/h1-23H. The Morgan fingerprint density at radius 2 is 1.05 bits per heavy atom. The lowest BCUT2D eigenvalue weighted by molar-refractivity contribution is 0.655. The molecule has 0 saturated heterocycles. The Morgan fingerprint density at radius 1 is 0.477 bits per heavy atom. The van der Waals surface area contributed by atoms with E-state index >= 15 is 0 Å². The Hall–Kier alpha value is -5.39. The van der Waals surface area contributed by atoms with Crippen LogP contribution in [0.3, 0.4) is 0 Å². The first-order valence-electron chi connectivity index (χ1n) is 14.5. The average molecular weight is 586 g/mol. The molecule has 4 nitrogen and oxygen atoms in total. The first-order valence-corrected chi connectivity index (χ1v) is 15.7. The van der Waals surface area contributed by atoms with Crippen LogP contribution < -0.4 is 10.9 Å². The van der Waals surface area contributed by atoms with Crippen molar-refractivity contribution in [3.63, 3.8) is 0 Å². The summed E-state index contributed by atoms with van der Waals surface area (Å²) in [6.45, 7) is 0. The van der Waals surface area contributed by atoms with Gasteiger partial charge in [0.25, 0.3) is 0 Å². The Bertz CT molecular complexity index is 2570. The summed E-state index contributed by atoms with van der Waals surface area (Å²) in [6.07, 6.45) is 0. The van der Waals surface area contributed by atoms with E-state index in [-0.39, 0.29) is 10.9 Å². The molecule has 8 aromatic rings. The molecule has 0 radical (unpaired) electrons. The van der Waals surface area contributed by atoms with Gasteiger partial charge in [0, 0.05) is 26.4 Å².